The molecular formula is C16H14N2O4. The molecule has 3 rings (SSSR count). The van der Waals surface area contributed by atoms with Crippen LogP contribution in [0.3, 0.4) is 0 Å². The van der Waals surface area contributed by atoms with Gasteiger partial charge in [-0.15, -0.1) is 0 Å². The summed E-state index contributed by atoms with van der Waals surface area (Å²) in [5.74, 6) is -0.216. The van der Waals surface area contributed by atoms with Crippen LogP contribution in [-0.4, -0.2) is 25.6 Å². The van der Waals surface area contributed by atoms with Crippen molar-refractivity contribution < 1.29 is 19.7 Å². The first kappa shape index (κ1) is 13.9. The van der Waals surface area contributed by atoms with E-state index in [1.165, 1.54) is 10.5 Å². The number of hydrogen-bond donors (Lipinski definition) is 2. The second-order valence-corrected chi connectivity index (χ2v) is 4.84. The molecule has 6 nitrogen and oxygen atoms in total. The summed E-state index contributed by atoms with van der Waals surface area (Å²) in [6.07, 6.45) is 0. The molecule has 0 saturated carbocycles. The Hall–Kier alpha value is -3.02. The number of carboxylic acids is 1. The summed E-state index contributed by atoms with van der Waals surface area (Å²) in [6, 6.07) is 12.1. The molecule has 0 atom stereocenters. The number of aryl methyl sites for hydroxylation is 1. The number of ether oxygens (including phenoxy) is 1. The van der Waals surface area contributed by atoms with Crippen molar-refractivity contribution >= 4 is 11.5 Å². The molecule has 0 aliphatic rings. The van der Waals surface area contributed by atoms with Crippen LogP contribution in [-0.2, 0) is 6.61 Å². The average molecular weight is 298 g/mol. The van der Waals surface area contributed by atoms with Gasteiger partial charge in [-0.2, -0.15) is 0 Å². The Balaban J connectivity index is 2.00. The molecular weight excluding hydrogens is 284 g/mol. The fourth-order valence-electron chi connectivity index (χ4n) is 2.31. The van der Waals surface area contributed by atoms with Crippen LogP contribution < -0.4 is 4.74 Å². The van der Waals surface area contributed by atoms with Crippen LogP contribution in [0, 0.1) is 6.92 Å². The molecule has 22 heavy (non-hydrogen) atoms. The molecule has 1 aromatic carbocycles. The molecule has 112 valence electrons. The van der Waals surface area contributed by atoms with Gasteiger partial charge in [0.25, 0.3) is 0 Å². The molecule has 0 saturated heterocycles. The molecule has 3 aromatic rings. The van der Waals surface area contributed by atoms with Crippen LogP contribution >= 0.6 is 0 Å². The monoisotopic (exact) mass is 298 g/mol. The molecule has 0 aliphatic carbocycles. The van der Waals surface area contributed by atoms with Crippen LogP contribution in [0.1, 0.15) is 21.9 Å². The first-order chi connectivity index (χ1) is 10.6. The third kappa shape index (κ3) is 2.35. The van der Waals surface area contributed by atoms with E-state index in [1.54, 1.807) is 12.1 Å². The Labute approximate surface area is 126 Å². The van der Waals surface area contributed by atoms with Crippen molar-refractivity contribution in [2.45, 2.75) is 13.5 Å². The standard InChI is InChI=1S/C16H14N2O4/c1-10-5-2-3-7-12(10)22-9-13-17-15(16(20)21)11-6-4-8-14(19)18(11)13/h2-8,19H,9H2,1H3,(H,20,21). The molecule has 0 aliphatic heterocycles. The van der Waals surface area contributed by atoms with Crippen molar-refractivity contribution in [1.29, 1.82) is 0 Å². The van der Waals surface area contributed by atoms with Crippen molar-refractivity contribution in [2.75, 3.05) is 0 Å². The van der Waals surface area contributed by atoms with Crippen molar-refractivity contribution in [3.63, 3.8) is 0 Å². The summed E-state index contributed by atoms with van der Waals surface area (Å²) < 4.78 is 7.07. The topological polar surface area (TPSA) is 84.1 Å². The Morgan fingerprint density at radius 1 is 1.23 bits per heavy atom. The van der Waals surface area contributed by atoms with Crippen molar-refractivity contribution in [3.8, 4) is 11.6 Å². The van der Waals surface area contributed by atoms with E-state index < -0.39 is 5.97 Å². The summed E-state index contributed by atoms with van der Waals surface area (Å²) in [4.78, 5) is 15.3. The van der Waals surface area contributed by atoms with Gasteiger partial charge in [0.1, 0.15) is 12.4 Å². The van der Waals surface area contributed by atoms with Crippen LogP contribution in [0.25, 0.3) is 5.52 Å². The minimum atomic E-state index is -1.15. The number of aromatic hydroxyl groups is 1. The molecule has 0 bridgehead atoms. The van der Waals surface area contributed by atoms with Crippen LogP contribution in [0.4, 0.5) is 0 Å². The summed E-state index contributed by atoms with van der Waals surface area (Å²) in [5.41, 5.74) is 1.18. The Morgan fingerprint density at radius 2 is 2.00 bits per heavy atom. The number of rotatable bonds is 4. The highest BCUT2D eigenvalue weighted by Gasteiger charge is 2.18. The lowest BCUT2D eigenvalue weighted by Gasteiger charge is -2.08. The van der Waals surface area contributed by atoms with Crippen molar-refractivity contribution in [1.82, 2.24) is 9.38 Å². The number of para-hydroxylation sites is 1. The van der Waals surface area contributed by atoms with Gasteiger partial charge in [-0.3, -0.25) is 4.40 Å². The fourth-order valence-corrected chi connectivity index (χ4v) is 2.31. The Kier molecular flexibility index (Phi) is 3.42. The third-order valence-corrected chi connectivity index (χ3v) is 3.36. The maximum Gasteiger partial charge on any atom is 0.356 e. The summed E-state index contributed by atoms with van der Waals surface area (Å²) >= 11 is 0. The molecule has 2 heterocycles. The highest BCUT2D eigenvalue weighted by atomic mass is 16.5. The maximum atomic E-state index is 11.3. The van der Waals surface area contributed by atoms with Gasteiger partial charge in [-0.1, -0.05) is 24.3 Å². The summed E-state index contributed by atoms with van der Waals surface area (Å²) in [7, 11) is 0. The molecule has 2 aromatic heterocycles. The number of nitrogens with zero attached hydrogens (tertiary/aromatic N) is 2. The van der Waals surface area contributed by atoms with E-state index >= 15 is 0 Å². The van der Waals surface area contributed by atoms with Gasteiger partial charge in [0.2, 0.25) is 0 Å². The zero-order valence-electron chi connectivity index (χ0n) is 11.9. The zero-order chi connectivity index (χ0) is 15.7. The second-order valence-electron chi connectivity index (χ2n) is 4.84. The predicted octanol–water partition coefficient (Wildman–Crippen LogP) is 2.63. The lowest BCUT2D eigenvalue weighted by molar-refractivity contribution is 0.0693. The fraction of sp³-hybridized carbons (Fsp3) is 0.125. The molecule has 6 heteroatoms. The molecule has 0 fully saturated rings. The zero-order valence-corrected chi connectivity index (χ0v) is 11.9. The normalized spacial score (nSPS) is 10.8. The number of carboxylic acid groups (broad SMARTS) is 1. The Morgan fingerprint density at radius 3 is 2.73 bits per heavy atom. The summed E-state index contributed by atoms with van der Waals surface area (Å²) in [6.45, 7) is 1.97. The number of aromatic carboxylic acids is 1. The first-order valence-corrected chi connectivity index (χ1v) is 6.69. The third-order valence-electron chi connectivity index (χ3n) is 3.36. The minimum absolute atomic E-state index is 0.0525. The van der Waals surface area contributed by atoms with Crippen LogP contribution in [0.2, 0.25) is 0 Å². The van der Waals surface area contributed by atoms with Crippen LogP contribution in [0.5, 0.6) is 11.6 Å². The number of benzene rings is 1. The van der Waals surface area contributed by atoms with Gasteiger partial charge in [-0.25, -0.2) is 9.78 Å². The first-order valence-electron chi connectivity index (χ1n) is 6.69. The van der Waals surface area contributed by atoms with E-state index in [2.05, 4.69) is 4.98 Å². The van der Waals surface area contributed by atoms with E-state index in [0.717, 1.165) is 5.56 Å². The van der Waals surface area contributed by atoms with Gasteiger partial charge in [0.15, 0.2) is 17.4 Å². The van der Waals surface area contributed by atoms with E-state index in [9.17, 15) is 15.0 Å². The van der Waals surface area contributed by atoms with Gasteiger partial charge in [0.05, 0.1) is 5.52 Å². The Bertz CT molecular complexity index is 854. The van der Waals surface area contributed by atoms with Crippen molar-refractivity contribution in [2.24, 2.45) is 0 Å². The molecule has 0 amide bonds. The smallest absolute Gasteiger partial charge is 0.356 e. The predicted molar refractivity (Wildman–Crippen MR) is 79.3 cm³/mol. The quantitative estimate of drug-likeness (QED) is 0.773. The SMILES string of the molecule is Cc1ccccc1OCc1nc(C(=O)O)c2cccc(O)n12. The lowest BCUT2D eigenvalue weighted by atomic mass is 10.2. The summed E-state index contributed by atoms with van der Waals surface area (Å²) in [5, 5.41) is 19.2. The second kappa shape index (κ2) is 5.40. The number of pyridine rings is 1. The molecule has 0 radical (unpaired) electrons. The molecule has 0 spiro atoms. The van der Waals surface area contributed by atoms with E-state index in [4.69, 9.17) is 4.74 Å². The van der Waals surface area contributed by atoms with Crippen molar-refractivity contribution in [3.05, 3.63) is 59.5 Å². The van der Waals surface area contributed by atoms with Gasteiger partial charge in [0, 0.05) is 0 Å². The minimum Gasteiger partial charge on any atom is -0.494 e. The number of fused-ring (bicyclic) bond motifs is 1. The largest absolute Gasteiger partial charge is 0.494 e. The van der Waals surface area contributed by atoms with Crippen LogP contribution in [0.15, 0.2) is 42.5 Å². The highest BCUT2D eigenvalue weighted by Crippen LogP contribution is 2.22. The highest BCUT2D eigenvalue weighted by molar-refractivity contribution is 5.93. The molecule has 2 N–H and O–H groups in total. The maximum absolute atomic E-state index is 11.3. The van der Waals surface area contributed by atoms with Gasteiger partial charge in [-0.05, 0) is 30.7 Å². The molecule has 0 unspecified atom stereocenters. The van der Waals surface area contributed by atoms with Gasteiger partial charge >= 0.3 is 5.97 Å². The average Bonchev–Trinajstić information content (AvgIpc) is 2.87. The van der Waals surface area contributed by atoms with Gasteiger partial charge < -0.3 is 14.9 Å². The number of imidazole rings is 1. The van der Waals surface area contributed by atoms with E-state index in [1.807, 2.05) is 31.2 Å². The number of carbonyl (C=O) groups is 1. The van der Waals surface area contributed by atoms with E-state index in [-0.39, 0.29) is 18.2 Å². The lowest BCUT2D eigenvalue weighted by Crippen LogP contribution is -2.02. The number of aromatic nitrogens is 2. The van der Waals surface area contributed by atoms with E-state index in [0.29, 0.717) is 17.1 Å². The number of hydrogen-bond acceptors (Lipinski definition) is 4.